The van der Waals surface area contributed by atoms with Crippen molar-refractivity contribution in [2.24, 2.45) is 0 Å². The Bertz CT molecular complexity index is 530. The van der Waals surface area contributed by atoms with Gasteiger partial charge in [-0.05, 0) is 36.9 Å². The highest BCUT2D eigenvalue weighted by molar-refractivity contribution is 7.09. The molecule has 0 bridgehead atoms. The van der Waals surface area contributed by atoms with E-state index in [9.17, 15) is 5.11 Å². The van der Waals surface area contributed by atoms with Gasteiger partial charge in [0.25, 0.3) is 0 Å². The van der Waals surface area contributed by atoms with Crippen LogP contribution in [0.15, 0.2) is 36.0 Å². The summed E-state index contributed by atoms with van der Waals surface area (Å²) in [5.41, 5.74) is 0. The Morgan fingerprint density at radius 2 is 2.41 bits per heavy atom. The van der Waals surface area contributed by atoms with Crippen molar-refractivity contribution in [1.29, 1.82) is 0 Å². The summed E-state index contributed by atoms with van der Waals surface area (Å²) in [6, 6.07) is 6.49. The smallest absolute Gasteiger partial charge is 0.0900 e. The average molecular weight is 321 g/mol. The van der Waals surface area contributed by atoms with Gasteiger partial charge < -0.3 is 9.84 Å². The van der Waals surface area contributed by atoms with E-state index in [1.165, 1.54) is 17.7 Å². The van der Waals surface area contributed by atoms with E-state index in [1.807, 2.05) is 34.6 Å². The molecular weight excluding hydrogens is 298 g/mol. The molecule has 2 aromatic heterocycles. The van der Waals surface area contributed by atoms with Crippen LogP contribution in [0.3, 0.4) is 0 Å². The molecule has 1 aliphatic rings. The first kappa shape index (κ1) is 15.7. The Balaban J connectivity index is 1.40. The molecule has 0 radical (unpaired) electrons. The summed E-state index contributed by atoms with van der Waals surface area (Å²) in [6.45, 7) is 3.61. The summed E-state index contributed by atoms with van der Waals surface area (Å²) >= 11 is 1.68. The van der Waals surface area contributed by atoms with E-state index < -0.39 is 6.10 Å². The van der Waals surface area contributed by atoms with Crippen LogP contribution in [0.2, 0.25) is 0 Å². The normalized spacial score (nSPS) is 20.5. The van der Waals surface area contributed by atoms with Crippen molar-refractivity contribution in [1.82, 2.24) is 14.7 Å². The quantitative estimate of drug-likeness (QED) is 0.808. The van der Waals surface area contributed by atoms with Crippen LogP contribution in [0.5, 0.6) is 0 Å². The van der Waals surface area contributed by atoms with E-state index in [4.69, 9.17) is 4.74 Å². The molecule has 1 fully saturated rings. The molecule has 3 rings (SSSR count). The van der Waals surface area contributed by atoms with Crippen LogP contribution in [0.1, 0.15) is 17.7 Å². The van der Waals surface area contributed by atoms with Gasteiger partial charge in [-0.2, -0.15) is 5.10 Å². The number of ether oxygens (including phenoxy) is 1. The highest BCUT2D eigenvalue weighted by atomic mass is 32.1. The minimum absolute atomic E-state index is 0.392. The Labute approximate surface area is 135 Å². The number of nitrogens with zero attached hydrogens (tertiary/aromatic N) is 3. The zero-order valence-corrected chi connectivity index (χ0v) is 13.5. The zero-order chi connectivity index (χ0) is 15.2. The lowest BCUT2D eigenvalue weighted by molar-refractivity contribution is 0.00741. The van der Waals surface area contributed by atoms with E-state index in [-0.39, 0.29) is 0 Å². The van der Waals surface area contributed by atoms with Gasteiger partial charge in [-0.15, -0.1) is 11.3 Å². The summed E-state index contributed by atoms with van der Waals surface area (Å²) in [4.78, 5) is 3.56. The summed E-state index contributed by atoms with van der Waals surface area (Å²) in [5, 5.41) is 16.5. The van der Waals surface area contributed by atoms with Gasteiger partial charge in [0.15, 0.2) is 0 Å². The third-order valence-corrected chi connectivity index (χ3v) is 4.89. The largest absolute Gasteiger partial charge is 0.389 e. The maximum Gasteiger partial charge on any atom is 0.0900 e. The molecule has 1 aliphatic heterocycles. The van der Waals surface area contributed by atoms with E-state index in [1.54, 1.807) is 11.3 Å². The molecule has 1 N–H and O–H groups in total. The van der Waals surface area contributed by atoms with Gasteiger partial charge >= 0.3 is 0 Å². The Morgan fingerprint density at radius 1 is 1.45 bits per heavy atom. The lowest BCUT2D eigenvalue weighted by Gasteiger charge is -2.26. The van der Waals surface area contributed by atoms with Gasteiger partial charge in [0.1, 0.15) is 0 Å². The van der Waals surface area contributed by atoms with E-state index in [2.05, 4.69) is 16.1 Å². The number of aliphatic hydroxyl groups is 1. The molecule has 1 saturated heterocycles. The van der Waals surface area contributed by atoms with Crippen LogP contribution < -0.4 is 0 Å². The summed E-state index contributed by atoms with van der Waals surface area (Å²) in [6.07, 6.45) is 5.74. The van der Waals surface area contributed by atoms with E-state index in [0.29, 0.717) is 25.8 Å². The molecule has 22 heavy (non-hydrogen) atoms. The zero-order valence-electron chi connectivity index (χ0n) is 12.7. The van der Waals surface area contributed by atoms with Gasteiger partial charge in [0.2, 0.25) is 0 Å². The van der Waals surface area contributed by atoms with E-state index >= 15 is 0 Å². The van der Waals surface area contributed by atoms with Crippen LogP contribution in [-0.2, 0) is 17.9 Å². The van der Waals surface area contributed by atoms with Gasteiger partial charge in [0, 0.05) is 29.9 Å². The fourth-order valence-corrected chi connectivity index (χ4v) is 3.62. The van der Waals surface area contributed by atoms with Crippen molar-refractivity contribution < 1.29 is 9.84 Å². The second-order valence-corrected chi connectivity index (χ2v) is 6.80. The van der Waals surface area contributed by atoms with Crippen LogP contribution in [0.25, 0.3) is 0 Å². The molecule has 2 unspecified atom stereocenters. The van der Waals surface area contributed by atoms with Gasteiger partial charge in [0.05, 0.1) is 25.9 Å². The maximum absolute atomic E-state index is 10.2. The minimum atomic E-state index is -0.432. The number of thiophene rings is 1. The fraction of sp³-hybridized carbons (Fsp3) is 0.562. The second kappa shape index (κ2) is 7.87. The number of likely N-dealkylation sites (tertiary alicyclic amines) is 1. The number of hydrogen-bond donors (Lipinski definition) is 1. The molecule has 0 aliphatic carbocycles. The first-order valence-electron chi connectivity index (χ1n) is 7.81. The molecule has 0 spiro atoms. The fourth-order valence-electron chi connectivity index (χ4n) is 2.98. The lowest BCUT2D eigenvalue weighted by Crippen LogP contribution is -2.40. The number of rotatable bonds is 8. The molecule has 0 amide bonds. The topological polar surface area (TPSA) is 50.5 Å². The molecule has 2 aromatic rings. The first-order chi connectivity index (χ1) is 10.8. The highest BCUT2D eigenvalue weighted by Gasteiger charge is 2.26. The minimum Gasteiger partial charge on any atom is -0.389 e. The Kier molecular flexibility index (Phi) is 5.61. The molecule has 0 aromatic carbocycles. The molecule has 3 heterocycles. The standard InChI is InChI=1S/C16H23N3O2S/c20-15(12-21-13-16-5-2-9-22-16)11-18-7-1-4-14(18)10-19-8-3-6-17-19/h2-3,5-6,8-9,14-15,20H,1,4,7,10-13H2. The van der Waals surface area contributed by atoms with Crippen molar-refractivity contribution in [2.75, 3.05) is 19.7 Å². The molecule has 5 nitrogen and oxygen atoms in total. The first-order valence-corrected chi connectivity index (χ1v) is 8.69. The molecule has 120 valence electrons. The van der Waals surface area contributed by atoms with E-state index in [0.717, 1.165) is 13.1 Å². The average Bonchev–Trinajstić information content (AvgIpc) is 3.23. The summed E-state index contributed by atoms with van der Waals surface area (Å²) in [5.74, 6) is 0. The van der Waals surface area contributed by atoms with Gasteiger partial charge in [-0.1, -0.05) is 6.07 Å². The number of aromatic nitrogens is 2. The van der Waals surface area contributed by atoms with Gasteiger partial charge in [-0.25, -0.2) is 0 Å². The third-order valence-electron chi connectivity index (χ3n) is 4.04. The van der Waals surface area contributed by atoms with Crippen molar-refractivity contribution in [2.45, 2.75) is 38.1 Å². The number of hydrogen-bond acceptors (Lipinski definition) is 5. The molecule has 0 saturated carbocycles. The highest BCUT2D eigenvalue weighted by Crippen LogP contribution is 2.19. The van der Waals surface area contributed by atoms with Crippen LogP contribution in [0.4, 0.5) is 0 Å². The number of β-amino-alcohol motifs (C(OH)–C–C–N with tert-alkyl or cyclic N) is 1. The van der Waals surface area contributed by atoms with Crippen molar-refractivity contribution in [3.63, 3.8) is 0 Å². The predicted molar refractivity (Wildman–Crippen MR) is 86.8 cm³/mol. The monoisotopic (exact) mass is 321 g/mol. The third kappa shape index (κ3) is 4.39. The molecular formula is C16H23N3O2S. The van der Waals surface area contributed by atoms with Crippen LogP contribution >= 0.6 is 11.3 Å². The van der Waals surface area contributed by atoms with Gasteiger partial charge in [-0.3, -0.25) is 9.58 Å². The van der Waals surface area contributed by atoms with Crippen molar-refractivity contribution in [3.05, 3.63) is 40.8 Å². The Morgan fingerprint density at radius 3 is 3.18 bits per heavy atom. The predicted octanol–water partition coefficient (Wildman–Crippen LogP) is 1.99. The SMILES string of the molecule is OC(COCc1cccs1)CN1CCCC1Cn1cccn1. The number of aliphatic hydroxyl groups excluding tert-OH is 1. The van der Waals surface area contributed by atoms with Crippen LogP contribution in [-0.4, -0.2) is 51.6 Å². The van der Waals surface area contributed by atoms with Crippen molar-refractivity contribution in [3.8, 4) is 0 Å². The molecule has 2 atom stereocenters. The lowest BCUT2D eigenvalue weighted by atomic mass is 10.2. The van der Waals surface area contributed by atoms with Crippen LogP contribution in [0, 0.1) is 0 Å². The second-order valence-electron chi connectivity index (χ2n) is 5.77. The summed E-state index contributed by atoms with van der Waals surface area (Å²) < 4.78 is 7.58. The van der Waals surface area contributed by atoms with Crippen molar-refractivity contribution >= 4 is 11.3 Å². The molecule has 6 heteroatoms. The Hall–Kier alpha value is -1.21. The summed E-state index contributed by atoms with van der Waals surface area (Å²) in [7, 11) is 0. The maximum atomic E-state index is 10.2.